The van der Waals surface area contributed by atoms with Crippen LogP contribution in [-0.2, 0) is 7.05 Å². The van der Waals surface area contributed by atoms with E-state index in [1.165, 1.54) is 38.4 Å². The molecule has 4 rings (SSSR count). The number of benzene rings is 3. The number of aromatic amines is 1. The van der Waals surface area contributed by atoms with E-state index in [9.17, 15) is 0 Å². The zero-order valence-corrected chi connectivity index (χ0v) is 11.1. The lowest BCUT2D eigenvalue weighted by molar-refractivity contribution is -0.651. The molecule has 0 aliphatic heterocycles. The van der Waals surface area contributed by atoms with Gasteiger partial charge in [-0.1, -0.05) is 24.3 Å². The van der Waals surface area contributed by atoms with Crippen LogP contribution in [0.4, 0.5) is 0 Å². The summed E-state index contributed by atoms with van der Waals surface area (Å²) in [7, 11) is 2.10. The zero-order valence-electron chi connectivity index (χ0n) is 11.1. The van der Waals surface area contributed by atoms with Crippen LogP contribution in [0.1, 0.15) is 5.82 Å². The summed E-state index contributed by atoms with van der Waals surface area (Å²) >= 11 is 0. The largest absolute Gasteiger partial charge is 0.251 e. The SMILES string of the molecule is Cc1[nH]c2cc3cc4ccccc4cc3cc2[n+]1C. The Balaban J connectivity index is 2.19. The third kappa shape index (κ3) is 1.46. The first-order valence-electron chi connectivity index (χ1n) is 6.53. The van der Waals surface area contributed by atoms with Crippen LogP contribution in [0, 0.1) is 6.92 Å². The molecular formula is C17H15N2+. The lowest BCUT2D eigenvalue weighted by atomic mass is 10.0. The van der Waals surface area contributed by atoms with E-state index in [-0.39, 0.29) is 0 Å². The predicted octanol–water partition coefficient (Wildman–Crippen LogP) is 3.61. The molecule has 0 saturated carbocycles. The van der Waals surface area contributed by atoms with Gasteiger partial charge in [-0.15, -0.1) is 0 Å². The van der Waals surface area contributed by atoms with Crippen LogP contribution in [0.25, 0.3) is 32.6 Å². The molecule has 0 atom stereocenters. The Morgan fingerprint density at radius 3 is 2.16 bits per heavy atom. The van der Waals surface area contributed by atoms with Crippen LogP contribution in [-0.4, -0.2) is 4.98 Å². The van der Waals surface area contributed by atoms with Crippen LogP contribution in [0.5, 0.6) is 0 Å². The molecule has 1 aromatic heterocycles. The molecule has 0 spiro atoms. The maximum absolute atomic E-state index is 3.43. The lowest BCUT2D eigenvalue weighted by Crippen LogP contribution is -2.29. The Bertz CT molecular complexity index is 932. The number of nitrogens with one attached hydrogen (secondary N) is 1. The van der Waals surface area contributed by atoms with Crippen molar-refractivity contribution in [2.75, 3.05) is 0 Å². The molecule has 2 heteroatoms. The molecule has 3 aromatic carbocycles. The molecule has 92 valence electrons. The van der Waals surface area contributed by atoms with Gasteiger partial charge >= 0.3 is 0 Å². The van der Waals surface area contributed by atoms with Crippen molar-refractivity contribution in [2.45, 2.75) is 6.92 Å². The van der Waals surface area contributed by atoms with E-state index in [4.69, 9.17) is 0 Å². The van der Waals surface area contributed by atoms with Crippen molar-refractivity contribution in [2.24, 2.45) is 7.05 Å². The first kappa shape index (κ1) is 10.6. The van der Waals surface area contributed by atoms with Crippen molar-refractivity contribution in [3.8, 4) is 0 Å². The maximum Gasteiger partial charge on any atom is 0.251 e. The van der Waals surface area contributed by atoms with Crippen molar-refractivity contribution in [1.29, 1.82) is 0 Å². The summed E-state index contributed by atoms with van der Waals surface area (Å²) < 4.78 is 2.20. The molecule has 0 amide bonds. The smallest absolute Gasteiger partial charge is 0.241 e. The first-order chi connectivity index (χ1) is 9.22. The quantitative estimate of drug-likeness (QED) is 0.362. The molecular weight excluding hydrogens is 232 g/mol. The lowest BCUT2D eigenvalue weighted by Gasteiger charge is -2.01. The Labute approximate surface area is 111 Å². The highest BCUT2D eigenvalue weighted by molar-refractivity contribution is 6.02. The Hall–Kier alpha value is -2.35. The van der Waals surface area contributed by atoms with Gasteiger partial charge in [0.2, 0.25) is 0 Å². The van der Waals surface area contributed by atoms with Gasteiger partial charge in [-0.25, -0.2) is 9.55 Å². The average molecular weight is 247 g/mol. The van der Waals surface area contributed by atoms with E-state index in [0.29, 0.717) is 0 Å². The number of H-pyrrole nitrogens is 1. The third-order valence-electron chi connectivity index (χ3n) is 4.00. The van der Waals surface area contributed by atoms with Gasteiger partial charge in [0, 0.05) is 6.92 Å². The fourth-order valence-electron chi connectivity index (χ4n) is 2.82. The van der Waals surface area contributed by atoms with Gasteiger partial charge in [0.1, 0.15) is 0 Å². The molecule has 0 fully saturated rings. The number of rotatable bonds is 0. The van der Waals surface area contributed by atoms with Crippen LogP contribution in [0.15, 0.2) is 48.5 Å². The molecule has 0 saturated heterocycles. The van der Waals surface area contributed by atoms with Crippen LogP contribution >= 0.6 is 0 Å². The minimum Gasteiger partial charge on any atom is -0.241 e. The predicted molar refractivity (Wildman–Crippen MR) is 79.2 cm³/mol. The topological polar surface area (TPSA) is 19.7 Å². The normalized spacial score (nSPS) is 11.7. The highest BCUT2D eigenvalue weighted by Gasteiger charge is 2.12. The van der Waals surface area contributed by atoms with E-state index < -0.39 is 0 Å². The molecule has 2 nitrogen and oxygen atoms in total. The zero-order chi connectivity index (χ0) is 13.0. The molecule has 0 bridgehead atoms. The van der Waals surface area contributed by atoms with Gasteiger partial charge < -0.3 is 0 Å². The molecule has 1 heterocycles. The average Bonchev–Trinajstić information content (AvgIpc) is 2.69. The van der Waals surface area contributed by atoms with E-state index in [1.807, 2.05) is 0 Å². The minimum atomic E-state index is 1.18. The summed E-state index contributed by atoms with van der Waals surface area (Å²) in [5, 5.41) is 5.17. The molecule has 0 aliphatic rings. The number of aryl methyl sites for hydroxylation is 2. The molecule has 19 heavy (non-hydrogen) atoms. The van der Waals surface area contributed by atoms with Gasteiger partial charge in [0.15, 0.2) is 11.0 Å². The van der Waals surface area contributed by atoms with Gasteiger partial charge in [-0.05, 0) is 45.8 Å². The van der Waals surface area contributed by atoms with E-state index >= 15 is 0 Å². The summed E-state index contributed by atoms with van der Waals surface area (Å²) in [6.45, 7) is 2.10. The monoisotopic (exact) mass is 247 g/mol. The molecule has 1 N–H and O–H groups in total. The number of hydrogen-bond donors (Lipinski definition) is 1. The first-order valence-corrected chi connectivity index (χ1v) is 6.53. The molecule has 4 aromatic rings. The van der Waals surface area contributed by atoms with Crippen molar-refractivity contribution >= 4 is 32.6 Å². The molecule has 0 unspecified atom stereocenters. The van der Waals surface area contributed by atoms with Crippen LogP contribution in [0.3, 0.4) is 0 Å². The summed E-state index contributed by atoms with van der Waals surface area (Å²) in [5.74, 6) is 1.18. The number of aromatic nitrogens is 2. The fourth-order valence-corrected chi connectivity index (χ4v) is 2.82. The van der Waals surface area contributed by atoms with Gasteiger partial charge in [0.05, 0.1) is 7.05 Å². The fraction of sp³-hybridized carbons (Fsp3) is 0.118. The Morgan fingerprint density at radius 1 is 0.842 bits per heavy atom. The standard InChI is InChI=1S/C17H14N2/c1-11-18-16-9-14-7-12-5-3-4-6-13(12)8-15(14)10-17(16)19(11)2/h3-10H,1-2H3/p+1. The van der Waals surface area contributed by atoms with Crippen LogP contribution in [0.2, 0.25) is 0 Å². The van der Waals surface area contributed by atoms with E-state index in [1.54, 1.807) is 0 Å². The molecule has 0 radical (unpaired) electrons. The summed E-state index contributed by atoms with van der Waals surface area (Å²) in [5.41, 5.74) is 2.45. The second-order valence-electron chi connectivity index (χ2n) is 5.19. The van der Waals surface area contributed by atoms with Crippen molar-refractivity contribution in [3.05, 3.63) is 54.4 Å². The van der Waals surface area contributed by atoms with Gasteiger partial charge in [0.25, 0.3) is 5.82 Å². The number of fused-ring (bicyclic) bond motifs is 3. The third-order valence-corrected chi connectivity index (χ3v) is 4.00. The minimum absolute atomic E-state index is 1.18. The van der Waals surface area contributed by atoms with Gasteiger partial charge in [-0.3, -0.25) is 0 Å². The Morgan fingerprint density at radius 2 is 1.47 bits per heavy atom. The van der Waals surface area contributed by atoms with E-state index in [2.05, 4.69) is 72.1 Å². The highest BCUT2D eigenvalue weighted by atomic mass is 15.0. The summed E-state index contributed by atoms with van der Waals surface area (Å²) in [6, 6.07) is 17.6. The maximum atomic E-state index is 3.43. The van der Waals surface area contributed by atoms with Crippen molar-refractivity contribution < 1.29 is 4.57 Å². The number of hydrogen-bond acceptors (Lipinski definition) is 0. The number of nitrogens with zero attached hydrogens (tertiary/aromatic N) is 1. The second kappa shape index (κ2) is 3.58. The summed E-state index contributed by atoms with van der Waals surface area (Å²) in [4.78, 5) is 3.43. The second-order valence-corrected chi connectivity index (χ2v) is 5.19. The molecule has 0 aliphatic carbocycles. The summed E-state index contributed by atoms with van der Waals surface area (Å²) in [6.07, 6.45) is 0. The Kier molecular flexibility index (Phi) is 1.99. The van der Waals surface area contributed by atoms with Gasteiger partial charge in [-0.2, -0.15) is 0 Å². The number of imidazole rings is 1. The van der Waals surface area contributed by atoms with Crippen molar-refractivity contribution in [3.63, 3.8) is 0 Å². The van der Waals surface area contributed by atoms with Crippen LogP contribution < -0.4 is 4.57 Å². The van der Waals surface area contributed by atoms with Crippen molar-refractivity contribution in [1.82, 2.24) is 4.98 Å². The highest BCUT2D eigenvalue weighted by Crippen LogP contribution is 2.25. The van der Waals surface area contributed by atoms with E-state index in [0.717, 1.165) is 0 Å².